The molecule has 4 aromatic rings. The van der Waals surface area contributed by atoms with Crippen molar-refractivity contribution in [3.05, 3.63) is 126 Å². The van der Waals surface area contributed by atoms with Crippen molar-refractivity contribution in [1.29, 1.82) is 0 Å². The maximum Gasteiger partial charge on any atom is 0.339 e. The fraction of sp³-hybridized carbons (Fsp3) is 0.118. The monoisotopic (exact) mass is 609 g/mol. The molecule has 0 saturated heterocycles. The number of amides is 3. The van der Waals surface area contributed by atoms with Crippen molar-refractivity contribution in [1.82, 2.24) is 5.32 Å². The van der Waals surface area contributed by atoms with Gasteiger partial charge in [0.15, 0.2) is 0 Å². The number of rotatable bonds is 12. The molecule has 224 valence electrons. The van der Waals surface area contributed by atoms with Gasteiger partial charge in [0.05, 0.1) is 30.7 Å². The first-order valence-corrected chi connectivity index (χ1v) is 14.7. The van der Waals surface area contributed by atoms with Crippen LogP contribution in [0.15, 0.2) is 114 Å². The predicted octanol–water partition coefficient (Wildman–Crippen LogP) is 6.01. The highest BCUT2D eigenvalue weighted by atomic mass is 32.2. The number of anilines is 2. The Morgan fingerprint density at radius 2 is 1.55 bits per heavy atom. The highest BCUT2D eigenvalue weighted by Crippen LogP contribution is 2.24. The first kappa shape index (κ1) is 31.6. The minimum absolute atomic E-state index is 0.0210. The lowest BCUT2D eigenvalue weighted by atomic mass is 10.1. The van der Waals surface area contributed by atoms with E-state index in [0.29, 0.717) is 34.9 Å². The summed E-state index contributed by atoms with van der Waals surface area (Å²) in [7, 11) is 1.28. The van der Waals surface area contributed by atoms with Gasteiger partial charge in [-0.2, -0.15) is 0 Å². The van der Waals surface area contributed by atoms with Gasteiger partial charge < -0.3 is 25.4 Å². The Hall–Kier alpha value is -5.35. The molecular formula is C34H31N3O6S. The van der Waals surface area contributed by atoms with E-state index >= 15 is 0 Å². The van der Waals surface area contributed by atoms with Crippen LogP contribution in [0.2, 0.25) is 0 Å². The Kier molecular flexibility index (Phi) is 11.3. The maximum atomic E-state index is 13.5. The topological polar surface area (TPSA) is 123 Å². The minimum atomic E-state index is -0.549. The van der Waals surface area contributed by atoms with Gasteiger partial charge in [0.1, 0.15) is 11.4 Å². The second-order valence-corrected chi connectivity index (χ2v) is 10.3. The van der Waals surface area contributed by atoms with Gasteiger partial charge >= 0.3 is 5.97 Å². The summed E-state index contributed by atoms with van der Waals surface area (Å²) in [5, 5.41) is 8.30. The highest BCUT2D eigenvalue weighted by molar-refractivity contribution is 8.00. The Balaban J connectivity index is 1.48. The summed E-state index contributed by atoms with van der Waals surface area (Å²) in [5.74, 6) is -1.22. The van der Waals surface area contributed by atoms with Crippen LogP contribution in [-0.4, -0.2) is 43.2 Å². The molecule has 0 radical (unpaired) electrons. The van der Waals surface area contributed by atoms with Gasteiger partial charge in [-0.15, -0.1) is 11.8 Å². The molecule has 0 aliphatic rings. The predicted molar refractivity (Wildman–Crippen MR) is 172 cm³/mol. The molecule has 0 heterocycles. The van der Waals surface area contributed by atoms with Crippen LogP contribution in [0.25, 0.3) is 6.08 Å². The van der Waals surface area contributed by atoms with Gasteiger partial charge in [-0.3, -0.25) is 14.4 Å². The summed E-state index contributed by atoms with van der Waals surface area (Å²) in [6.45, 7) is 2.30. The minimum Gasteiger partial charge on any atom is -0.493 e. The van der Waals surface area contributed by atoms with E-state index < -0.39 is 17.8 Å². The van der Waals surface area contributed by atoms with E-state index in [2.05, 4.69) is 16.0 Å². The fourth-order valence-corrected chi connectivity index (χ4v) is 4.82. The number of carbonyl (C=O) groups excluding carboxylic acids is 4. The summed E-state index contributed by atoms with van der Waals surface area (Å²) < 4.78 is 10.5. The van der Waals surface area contributed by atoms with Crippen LogP contribution in [0.3, 0.4) is 0 Å². The standard InChI is InChI=1S/C34H31N3O6S/c1-3-43-30-19-10-7-14-24(30)20-29(37-32(39)23-12-5-4-6-13-23)33(40)35-25-15-11-16-26(21-25)44-22-31(38)36-28-18-9-8-17-27(28)34(41)42-2/h4-21H,3,22H2,1-2H3,(H,35,40)(H,36,38)(H,37,39)/b29-20+. The maximum absolute atomic E-state index is 13.5. The normalized spacial score (nSPS) is 10.8. The van der Waals surface area contributed by atoms with E-state index in [1.807, 2.05) is 25.1 Å². The van der Waals surface area contributed by atoms with Gasteiger partial charge in [-0.25, -0.2) is 4.79 Å². The van der Waals surface area contributed by atoms with E-state index in [-0.39, 0.29) is 22.9 Å². The zero-order valence-electron chi connectivity index (χ0n) is 24.2. The number of ether oxygens (including phenoxy) is 2. The fourth-order valence-electron chi connectivity index (χ4n) is 4.06. The lowest BCUT2D eigenvalue weighted by Crippen LogP contribution is -2.30. The van der Waals surface area contributed by atoms with Crippen molar-refractivity contribution < 1.29 is 28.7 Å². The zero-order chi connectivity index (χ0) is 31.3. The molecule has 0 bridgehead atoms. The van der Waals surface area contributed by atoms with Crippen molar-refractivity contribution in [2.24, 2.45) is 0 Å². The lowest BCUT2D eigenvalue weighted by Gasteiger charge is -2.13. The molecule has 0 unspecified atom stereocenters. The Bertz CT molecular complexity index is 1670. The third kappa shape index (κ3) is 8.83. The van der Waals surface area contributed by atoms with Gasteiger partial charge in [0.25, 0.3) is 11.8 Å². The summed E-state index contributed by atoms with van der Waals surface area (Å²) in [6, 6.07) is 29.4. The second kappa shape index (κ2) is 15.8. The molecule has 0 aromatic heterocycles. The molecule has 0 aliphatic heterocycles. The Morgan fingerprint density at radius 3 is 2.32 bits per heavy atom. The number of carbonyl (C=O) groups is 4. The number of benzene rings is 4. The molecule has 44 heavy (non-hydrogen) atoms. The third-order valence-electron chi connectivity index (χ3n) is 6.12. The van der Waals surface area contributed by atoms with E-state index in [9.17, 15) is 19.2 Å². The Labute approximate surface area is 259 Å². The SMILES string of the molecule is CCOc1ccccc1/C=C(/NC(=O)c1ccccc1)C(=O)Nc1cccc(SCC(=O)Nc2ccccc2C(=O)OC)c1. The summed E-state index contributed by atoms with van der Waals surface area (Å²) in [5.41, 5.74) is 2.12. The molecule has 0 saturated carbocycles. The largest absolute Gasteiger partial charge is 0.493 e. The summed E-state index contributed by atoms with van der Waals surface area (Å²) in [4.78, 5) is 51.9. The number of hydrogen-bond acceptors (Lipinski definition) is 7. The van der Waals surface area contributed by atoms with Crippen LogP contribution in [-0.2, 0) is 14.3 Å². The third-order valence-corrected chi connectivity index (χ3v) is 7.11. The number of para-hydroxylation sites is 2. The van der Waals surface area contributed by atoms with Crippen molar-refractivity contribution in [2.45, 2.75) is 11.8 Å². The quantitative estimate of drug-likeness (QED) is 0.102. The van der Waals surface area contributed by atoms with Crippen molar-refractivity contribution in [2.75, 3.05) is 30.1 Å². The molecule has 9 nitrogen and oxygen atoms in total. The Morgan fingerprint density at radius 1 is 0.818 bits per heavy atom. The van der Waals surface area contributed by atoms with Gasteiger partial charge in [-0.1, -0.05) is 54.6 Å². The van der Waals surface area contributed by atoms with E-state index in [0.717, 1.165) is 4.90 Å². The van der Waals surface area contributed by atoms with Gasteiger partial charge in [0, 0.05) is 21.7 Å². The number of methoxy groups -OCH3 is 1. The molecule has 0 atom stereocenters. The highest BCUT2D eigenvalue weighted by Gasteiger charge is 2.17. The molecule has 0 fully saturated rings. The number of esters is 1. The average molecular weight is 610 g/mol. The van der Waals surface area contributed by atoms with Crippen LogP contribution < -0.4 is 20.7 Å². The van der Waals surface area contributed by atoms with Crippen LogP contribution in [0.5, 0.6) is 5.75 Å². The van der Waals surface area contributed by atoms with Gasteiger partial charge in [0.2, 0.25) is 5.91 Å². The molecule has 0 spiro atoms. The van der Waals surface area contributed by atoms with Crippen LogP contribution >= 0.6 is 11.8 Å². The van der Waals surface area contributed by atoms with Crippen LogP contribution in [0.1, 0.15) is 33.2 Å². The molecule has 3 amide bonds. The zero-order valence-corrected chi connectivity index (χ0v) is 25.0. The summed E-state index contributed by atoms with van der Waals surface area (Å²) >= 11 is 1.26. The van der Waals surface area contributed by atoms with E-state index in [4.69, 9.17) is 9.47 Å². The lowest BCUT2D eigenvalue weighted by molar-refractivity contribution is -0.114. The molecule has 4 aromatic carbocycles. The van der Waals surface area contributed by atoms with Crippen molar-refractivity contribution in [3.63, 3.8) is 0 Å². The second-order valence-electron chi connectivity index (χ2n) is 9.20. The van der Waals surface area contributed by atoms with Crippen LogP contribution in [0, 0.1) is 0 Å². The number of hydrogen-bond donors (Lipinski definition) is 3. The molecule has 10 heteroatoms. The molecular weight excluding hydrogens is 578 g/mol. The smallest absolute Gasteiger partial charge is 0.339 e. The average Bonchev–Trinajstić information content (AvgIpc) is 3.05. The van der Waals surface area contributed by atoms with Gasteiger partial charge in [-0.05, 0) is 61.5 Å². The van der Waals surface area contributed by atoms with E-state index in [1.54, 1.807) is 91.0 Å². The molecule has 3 N–H and O–H groups in total. The molecule has 4 rings (SSSR count). The number of nitrogens with one attached hydrogen (secondary N) is 3. The first-order valence-electron chi connectivity index (χ1n) is 13.7. The van der Waals surface area contributed by atoms with Crippen molar-refractivity contribution in [3.8, 4) is 5.75 Å². The van der Waals surface area contributed by atoms with Crippen molar-refractivity contribution >= 4 is 52.9 Å². The number of thioether (sulfide) groups is 1. The summed E-state index contributed by atoms with van der Waals surface area (Å²) in [6.07, 6.45) is 1.57. The van der Waals surface area contributed by atoms with E-state index in [1.165, 1.54) is 18.9 Å². The first-order chi connectivity index (χ1) is 21.4. The molecule has 0 aliphatic carbocycles. The van der Waals surface area contributed by atoms with Crippen LogP contribution in [0.4, 0.5) is 11.4 Å².